The lowest BCUT2D eigenvalue weighted by Gasteiger charge is -2.27. The zero-order chi connectivity index (χ0) is 31.0. The fourth-order valence-corrected chi connectivity index (χ4v) is 5.42. The van der Waals surface area contributed by atoms with Crippen LogP contribution in [-0.4, -0.2) is 27.3 Å². The van der Waals surface area contributed by atoms with Crippen molar-refractivity contribution >= 4 is 58.5 Å². The van der Waals surface area contributed by atoms with Gasteiger partial charge in [-0.05, 0) is 47.5 Å². The molecule has 2 heterocycles. The Morgan fingerprint density at radius 2 is 1.41 bits per heavy atom. The van der Waals surface area contributed by atoms with Gasteiger partial charge in [-0.3, -0.25) is 25.0 Å². The van der Waals surface area contributed by atoms with E-state index in [1.165, 1.54) is 36.4 Å². The van der Waals surface area contributed by atoms with E-state index in [0.717, 1.165) is 16.0 Å². The van der Waals surface area contributed by atoms with Gasteiger partial charge in [-0.15, -0.1) is 0 Å². The number of benzene rings is 4. The number of carbonyl (C=O) groups excluding carboxylic acids is 3. The first-order valence-corrected chi connectivity index (χ1v) is 14.0. The number of nitrogens with zero attached hydrogens (tertiary/aromatic N) is 3. The van der Waals surface area contributed by atoms with E-state index in [9.17, 15) is 24.5 Å². The molecule has 5 aromatic rings. The van der Waals surface area contributed by atoms with Crippen LogP contribution in [0.2, 0.25) is 10.0 Å². The molecule has 216 valence electrons. The maximum atomic E-state index is 13.8. The van der Waals surface area contributed by atoms with Gasteiger partial charge in [0.2, 0.25) is 0 Å². The number of anilines is 1. The molecule has 44 heavy (non-hydrogen) atoms. The molecule has 0 radical (unpaired) electrons. The first kappa shape index (κ1) is 28.6. The SMILES string of the molecule is O=C1NC(=O)N(c2cccc(Cl)c2Cl)C(=O)/C1=C\c1cc(-c2ccccc2)n(-c2ccc([N+](=O)[O-])cc2)c1-c1ccccc1. The number of amides is 4. The summed E-state index contributed by atoms with van der Waals surface area (Å²) in [5, 5.41) is 13.7. The van der Waals surface area contributed by atoms with Crippen molar-refractivity contribution in [2.75, 3.05) is 4.90 Å². The molecule has 4 amide bonds. The molecule has 9 nitrogen and oxygen atoms in total. The largest absolute Gasteiger partial charge is 0.336 e. The third-order valence-electron chi connectivity index (χ3n) is 7.04. The topological polar surface area (TPSA) is 115 Å². The predicted molar refractivity (Wildman–Crippen MR) is 169 cm³/mol. The summed E-state index contributed by atoms with van der Waals surface area (Å²) in [4.78, 5) is 51.5. The van der Waals surface area contributed by atoms with Crippen LogP contribution >= 0.6 is 23.2 Å². The second kappa shape index (κ2) is 11.6. The Morgan fingerprint density at radius 3 is 2.05 bits per heavy atom. The number of non-ortho nitro benzene ring substituents is 1. The highest BCUT2D eigenvalue weighted by Gasteiger charge is 2.38. The van der Waals surface area contributed by atoms with Gasteiger partial charge in [-0.25, -0.2) is 9.69 Å². The second-order valence-electron chi connectivity index (χ2n) is 9.71. The molecule has 1 aromatic heterocycles. The number of halogens is 2. The van der Waals surface area contributed by atoms with Crippen molar-refractivity contribution in [3.8, 4) is 28.2 Å². The normalized spacial score (nSPS) is 14.2. The molecule has 0 saturated carbocycles. The van der Waals surface area contributed by atoms with Crippen LogP contribution in [0.3, 0.4) is 0 Å². The Hall–Kier alpha value is -5.51. The van der Waals surface area contributed by atoms with E-state index in [1.807, 2.05) is 71.3 Å². The molecule has 0 bridgehead atoms. The number of nitro benzene ring substituents is 1. The molecule has 1 aliphatic heterocycles. The molecule has 0 spiro atoms. The fraction of sp³-hybridized carbons (Fsp3) is 0. The van der Waals surface area contributed by atoms with Crippen molar-refractivity contribution in [3.05, 3.63) is 140 Å². The zero-order valence-corrected chi connectivity index (χ0v) is 24.1. The lowest BCUT2D eigenvalue weighted by molar-refractivity contribution is -0.384. The number of urea groups is 1. The first-order valence-electron chi connectivity index (χ1n) is 13.2. The fourth-order valence-electron chi connectivity index (χ4n) is 5.04. The summed E-state index contributed by atoms with van der Waals surface area (Å²) < 4.78 is 1.91. The minimum Gasteiger partial charge on any atom is -0.309 e. The number of aromatic nitrogens is 1. The van der Waals surface area contributed by atoms with Gasteiger partial charge in [0.25, 0.3) is 17.5 Å². The molecule has 4 aromatic carbocycles. The van der Waals surface area contributed by atoms with Gasteiger partial charge in [0, 0.05) is 23.4 Å². The molecule has 0 aliphatic carbocycles. The maximum Gasteiger partial charge on any atom is 0.336 e. The van der Waals surface area contributed by atoms with Gasteiger partial charge < -0.3 is 4.57 Å². The number of nitrogens with one attached hydrogen (secondary N) is 1. The summed E-state index contributed by atoms with van der Waals surface area (Å²) in [7, 11) is 0. The van der Waals surface area contributed by atoms with Crippen molar-refractivity contribution in [1.29, 1.82) is 0 Å². The highest BCUT2D eigenvalue weighted by molar-refractivity contribution is 6.46. The average molecular weight is 623 g/mol. The van der Waals surface area contributed by atoms with Gasteiger partial charge in [-0.2, -0.15) is 0 Å². The quantitative estimate of drug-likeness (QED) is 0.0902. The van der Waals surface area contributed by atoms with Gasteiger partial charge in [-0.1, -0.05) is 89.9 Å². The van der Waals surface area contributed by atoms with Gasteiger partial charge in [0.1, 0.15) is 5.57 Å². The molecule has 1 fully saturated rings. The third-order valence-corrected chi connectivity index (χ3v) is 7.85. The standard InChI is InChI=1S/C33H20Cl2N4O5/c34-26-12-7-13-27(29(26)35)38-32(41)25(31(40)36-33(38)42)18-22-19-28(20-8-3-1-4-9-20)37(30(22)21-10-5-2-6-11-21)23-14-16-24(17-15-23)39(43)44/h1-19H,(H,36,40,42)/b25-18-. The van der Waals surface area contributed by atoms with E-state index in [-0.39, 0.29) is 27.0 Å². The number of rotatable bonds is 6. The van der Waals surface area contributed by atoms with E-state index in [2.05, 4.69) is 5.32 Å². The van der Waals surface area contributed by atoms with E-state index < -0.39 is 22.8 Å². The number of imide groups is 2. The van der Waals surface area contributed by atoms with Crippen LogP contribution in [0.4, 0.5) is 16.2 Å². The Balaban J connectivity index is 1.60. The molecule has 0 unspecified atom stereocenters. The van der Waals surface area contributed by atoms with Crippen LogP contribution in [0.5, 0.6) is 0 Å². The van der Waals surface area contributed by atoms with Crippen LogP contribution < -0.4 is 10.2 Å². The van der Waals surface area contributed by atoms with Crippen molar-refractivity contribution in [2.45, 2.75) is 0 Å². The van der Waals surface area contributed by atoms with E-state index in [1.54, 1.807) is 12.1 Å². The van der Waals surface area contributed by atoms with Gasteiger partial charge in [0.15, 0.2) is 0 Å². The molecule has 6 rings (SSSR count). The first-order chi connectivity index (χ1) is 21.2. The Morgan fingerprint density at radius 1 is 0.773 bits per heavy atom. The zero-order valence-electron chi connectivity index (χ0n) is 22.6. The van der Waals surface area contributed by atoms with E-state index in [0.29, 0.717) is 22.6 Å². The molecule has 1 aliphatic rings. The Labute approximate surface area is 260 Å². The molecule has 0 atom stereocenters. The average Bonchev–Trinajstić information content (AvgIpc) is 3.41. The minimum atomic E-state index is -0.960. The van der Waals surface area contributed by atoms with Crippen molar-refractivity contribution in [1.82, 2.24) is 9.88 Å². The summed E-state index contributed by atoms with van der Waals surface area (Å²) in [6.07, 6.45) is 1.42. The van der Waals surface area contributed by atoms with Crippen LogP contribution in [0.25, 0.3) is 34.3 Å². The summed E-state index contributed by atoms with van der Waals surface area (Å²) >= 11 is 12.5. The smallest absolute Gasteiger partial charge is 0.309 e. The molecular formula is C33H20Cl2N4O5. The third kappa shape index (κ3) is 5.15. The predicted octanol–water partition coefficient (Wildman–Crippen LogP) is 7.69. The minimum absolute atomic E-state index is 0.0213. The summed E-state index contributed by atoms with van der Waals surface area (Å²) in [5.74, 6) is -1.76. The van der Waals surface area contributed by atoms with Crippen LogP contribution in [0.1, 0.15) is 5.56 Å². The van der Waals surface area contributed by atoms with E-state index in [4.69, 9.17) is 23.2 Å². The highest BCUT2D eigenvalue weighted by atomic mass is 35.5. The van der Waals surface area contributed by atoms with Crippen molar-refractivity contribution < 1.29 is 19.3 Å². The van der Waals surface area contributed by atoms with Crippen LogP contribution in [0.15, 0.2) is 115 Å². The number of carbonyl (C=O) groups is 3. The highest BCUT2D eigenvalue weighted by Crippen LogP contribution is 2.39. The monoisotopic (exact) mass is 622 g/mol. The summed E-state index contributed by atoms with van der Waals surface area (Å²) in [5.41, 5.74) is 3.60. The number of hydrogen-bond acceptors (Lipinski definition) is 5. The van der Waals surface area contributed by atoms with Gasteiger partial charge in [0.05, 0.1) is 32.0 Å². The summed E-state index contributed by atoms with van der Waals surface area (Å²) in [6, 6.07) is 30.2. The second-order valence-corrected chi connectivity index (χ2v) is 10.5. The maximum absolute atomic E-state index is 13.8. The lowest BCUT2D eigenvalue weighted by Crippen LogP contribution is -2.54. The summed E-state index contributed by atoms with van der Waals surface area (Å²) in [6.45, 7) is 0. The van der Waals surface area contributed by atoms with Crippen molar-refractivity contribution in [3.63, 3.8) is 0 Å². The van der Waals surface area contributed by atoms with Gasteiger partial charge >= 0.3 is 6.03 Å². The number of barbiturate groups is 1. The molecule has 11 heteroatoms. The van der Waals surface area contributed by atoms with Crippen LogP contribution in [-0.2, 0) is 9.59 Å². The lowest BCUT2D eigenvalue weighted by atomic mass is 10.0. The Bertz CT molecular complexity index is 1990. The molecular weight excluding hydrogens is 603 g/mol. The molecule has 1 N–H and O–H groups in total. The van der Waals surface area contributed by atoms with Crippen molar-refractivity contribution in [2.24, 2.45) is 0 Å². The van der Waals surface area contributed by atoms with Crippen LogP contribution in [0, 0.1) is 10.1 Å². The van der Waals surface area contributed by atoms with E-state index >= 15 is 0 Å². The molecule has 1 saturated heterocycles. The number of hydrogen-bond donors (Lipinski definition) is 1. The Kier molecular flexibility index (Phi) is 7.57. The number of nitro groups is 1.